The summed E-state index contributed by atoms with van der Waals surface area (Å²) in [6, 6.07) is 7.64. The molecule has 19 heteroatoms. The van der Waals surface area contributed by atoms with Crippen LogP contribution in [0.5, 0.6) is 69.0 Å². The van der Waals surface area contributed by atoms with E-state index in [9.17, 15) is 70.9 Å². The van der Waals surface area contributed by atoms with Crippen molar-refractivity contribution < 1.29 is 121 Å². The van der Waals surface area contributed by atoms with Crippen LogP contribution in [0.1, 0.15) is 0 Å². The smallest absolute Gasteiger partial charge is 0.870 e. The second kappa shape index (κ2) is 14.5. The second-order valence-electron chi connectivity index (χ2n) is 9.60. The van der Waals surface area contributed by atoms with Crippen LogP contribution < -0.4 is 16.0 Å². The van der Waals surface area contributed by atoms with E-state index in [1.165, 1.54) is 0 Å². The molecule has 0 aliphatic rings. The first kappa shape index (κ1) is 39.3. The molecular formula is C30H21O18Th+. The molecule has 0 aliphatic heterocycles. The predicted octanol–water partition coefficient (Wildman–Crippen LogP) is 2.40. The van der Waals surface area contributed by atoms with Crippen LogP contribution in [-0.2, 0) is 0 Å². The molecule has 0 amide bonds. The SMILES string of the molecule is O=c1c(O)c(-c2cc(O)c(O)c(O)c2)oc2cc(O)cc(O)c12.O=c1c([O-])c(-c2cc(O)c(O)c(O)c2)oc2cc(O)cc(O)c12.[OH-].[OH-].[Th+4]. The van der Waals surface area contributed by atoms with Crippen LogP contribution in [0.3, 0.4) is 0 Å². The number of hydrogen-bond donors (Lipinski definition) is 11. The van der Waals surface area contributed by atoms with Gasteiger partial charge in [0.05, 0.1) is 0 Å². The summed E-state index contributed by atoms with van der Waals surface area (Å²) in [6.07, 6.45) is 0. The largest absolute Gasteiger partial charge is 4.00 e. The minimum Gasteiger partial charge on any atom is -0.870 e. The average molecular weight is 902 g/mol. The molecule has 0 fully saturated rings. The Hall–Kier alpha value is -5.86. The molecule has 49 heavy (non-hydrogen) atoms. The fourth-order valence-corrected chi connectivity index (χ4v) is 4.40. The Bertz CT molecular complexity index is 2130. The summed E-state index contributed by atoms with van der Waals surface area (Å²) < 4.78 is 10.5. The first-order valence-corrected chi connectivity index (χ1v) is 12.5. The molecule has 252 valence electrons. The van der Waals surface area contributed by atoms with E-state index in [1.807, 2.05) is 0 Å². The third-order valence-corrected chi connectivity index (χ3v) is 6.52. The maximum Gasteiger partial charge on any atom is 4.00 e. The van der Waals surface area contributed by atoms with Gasteiger partial charge in [0, 0.05) is 35.4 Å². The summed E-state index contributed by atoms with van der Waals surface area (Å²) in [5.41, 5.74) is -2.78. The fraction of sp³-hybridized carbons (Fsp3) is 0. The zero-order valence-electron chi connectivity index (χ0n) is 24.0. The average Bonchev–Trinajstić information content (AvgIpc) is 2.97. The zero-order valence-corrected chi connectivity index (χ0v) is 28.1. The molecule has 0 aliphatic carbocycles. The van der Waals surface area contributed by atoms with Gasteiger partial charge in [0.1, 0.15) is 50.7 Å². The van der Waals surface area contributed by atoms with Crippen LogP contribution in [0.4, 0.5) is 0 Å². The minimum atomic E-state index is -1.12. The van der Waals surface area contributed by atoms with E-state index >= 15 is 0 Å². The third-order valence-electron chi connectivity index (χ3n) is 6.52. The van der Waals surface area contributed by atoms with E-state index in [4.69, 9.17) is 8.83 Å². The van der Waals surface area contributed by atoms with Crippen molar-refractivity contribution in [1.29, 1.82) is 0 Å². The number of phenolic OH excluding ortho intramolecular Hbond substituents is 10. The van der Waals surface area contributed by atoms with E-state index in [1.54, 1.807) is 0 Å². The van der Waals surface area contributed by atoms with Gasteiger partial charge < -0.3 is 81.1 Å². The Morgan fingerprint density at radius 1 is 0.449 bits per heavy atom. The summed E-state index contributed by atoms with van der Waals surface area (Å²) >= 11 is 0. The molecule has 4 aromatic carbocycles. The number of benzene rings is 4. The number of hydrogen-bond acceptors (Lipinski definition) is 18. The topological polar surface area (TPSA) is 366 Å². The molecule has 0 unspecified atom stereocenters. The number of rotatable bonds is 2. The van der Waals surface area contributed by atoms with Gasteiger partial charge in [-0.3, -0.25) is 9.59 Å². The first-order valence-electron chi connectivity index (χ1n) is 12.5. The summed E-state index contributed by atoms with van der Waals surface area (Å²) in [4.78, 5) is 24.3. The van der Waals surface area contributed by atoms with Gasteiger partial charge in [0.25, 0.3) is 0 Å². The van der Waals surface area contributed by atoms with Gasteiger partial charge in [-0.1, -0.05) is 0 Å². The predicted molar refractivity (Wildman–Crippen MR) is 157 cm³/mol. The van der Waals surface area contributed by atoms with Gasteiger partial charge in [0.2, 0.25) is 11.2 Å². The van der Waals surface area contributed by atoms with Gasteiger partial charge in [-0.2, -0.15) is 0 Å². The number of phenols is 10. The van der Waals surface area contributed by atoms with Crippen LogP contribution in [-0.4, -0.2) is 67.1 Å². The summed E-state index contributed by atoms with van der Waals surface area (Å²) in [5.74, 6) is -9.29. The Kier molecular flexibility index (Phi) is 11.6. The van der Waals surface area contributed by atoms with Crippen LogP contribution in [0.25, 0.3) is 44.6 Å². The molecule has 0 atom stereocenters. The number of fused-ring (bicyclic) bond motifs is 2. The van der Waals surface area contributed by atoms with Crippen molar-refractivity contribution in [2.24, 2.45) is 0 Å². The Morgan fingerprint density at radius 2 is 0.796 bits per heavy atom. The molecule has 0 radical (unpaired) electrons. The summed E-state index contributed by atoms with van der Waals surface area (Å²) in [7, 11) is 0. The Morgan fingerprint density at radius 3 is 1.20 bits per heavy atom. The Balaban J connectivity index is 0.000000321. The van der Waals surface area contributed by atoms with Crippen LogP contribution in [0, 0.1) is 39.9 Å². The van der Waals surface area contributed by atoms with Gasteiger partial charge >= 0.3 is 39.9 Å². The molecule has 0 spiro atoms. The van der Waals surface area contributed by atoms with Gasteiger partial charge in [-0.25, -0.2) is 0 Å². The molecule has 6 rings (SSSR count). The van der Waals surface area contributed by atoms with Crippen molar-refractivity contribution in [2.45, 2.75) is 0 Å². The second-order valence-corrected chi connectivity index (χ2v) is 9.60. The quantitative estimate of drug-likeness (QED) is 0.111. The number of aromatic hydroxyl groups is 11. The van der Waals surface area contributed by atoms with Crippen molar-refractivity contribution in [3.8, 4) is 91.6 Å². The zero-order chi connectivity index (χ0) is 33.8. The van der Waals surface area contributed by atoms with Crippen molar-refractivity contribution >= 4 is 21.9 Å². The van der Waals surface area contributed by atoms with E-state index < -0.39 is 85.3 Å². The van der Waals surface area contributed by atoms with Crippen molar-refractivity contribution in [2.75, 3.05) is 0 Å². The molecule has 0 bridgehead atoms. The van der Waals surface area contributed by atoms with E-state index in [0.29, 0.717) is 0 Å². The standard InChI is InChI=1S/2C15H10O8.2H2O.Th/c2*16-6-3-7(17)11-10(4-6)23-15(14(22)13(11)21)5-1-8(18)12(20)9(19)2-5;;;/h2*1-4,16-20,22H;2*1H2;/q;;;;+4/p-3. The molecule has 2 aromatic heterocycles. The van der Waals surface area contributed by atoms with Crippen LogP contribution in [0.2, 0.25) is 0 Å². The molecule has 13 N–H and O–H groups in total. The fourth-order valence-electron chi connectivity index (χ4n) is 4.40. The first-order chi connectivity index (χ1) is 21.6. The molecule has 0 saturated carbocycles. The summed E-state index contributed by atoms with van der Waals surface area (Å²) in [5, 5.41) is 116. The van der Waals surface area contributed by atoms with E-state index in [2.05, 4.69) is 0 Å². The summed E-state index contributed by atoms with van der Waals surface area (Å²) in [6.45, 7) is 0. The van der Waals surface area contributed by atoms with Crippen LogP contribution in [0.15, 0.2) is 67.0 Å². The minimum absolute atomic E-state index is 0. The monoisotopic (exact) mass is 901 g/mol. The maximum atomic E-state index is 12.2. The van der Waals surface area contributed by atoms with Crippen LogP contribution >= 0.6 is 0 Å². The van der Waals surface area contributed by atoms with Gasteiger partial charge in [-0.15, -0.1) is 0 Å². The van der Waals surface area contributed by atoms with E-state index in [0.717, 1.165) is 48.5 Å². The Labute approximate surface area is 302 Å². The van der Waals surface area contributed by atoms with Gasteiger partial charge in [0.15, 0.2) is 45.7 Å². The van der Waals surface area contributed by atoms with Crippen molar-refractivity contribution in [3.05, 3.63) is 69.0 Å². The van der Waals surface area contributed by atoms with Crippen molar-refractivity contribution in [1.82, 2.24) is 0 Å². The molecule has 2 heterocycles. The van der Waals surface area contributed by atoms with Gasteiger partial charge in [-0.05, 0) is 30.0 Å². The molecule has 0 saturated heterocycles. The van der Waals surface area contributed by atoms with Crippen molar-refractivity contribution in [3.63, 3.8) is 0 Å². The molecule has 18 nitrogen and oxygen atoms in total. The third kappa shape index (κ3) is 7.05. The molecule has 6 aromatic rings. The van der Waals surface area contributed by atoms with E-state index in [-0.39, 0.29) is 90.1 Å². The normalized spacial score (nSPS) is 10.3. The maximum absolute atomic E-state index is 12.2. The molecular weight excluding hydrogens is 880 g/mol.